The Morgan fingerprint density at radius 1 is 1.38 bits per heavy atom. The Morgan fingerprint density at radius 2 is 2.16 bits per heavy atom. The standard InChI is InChI=1S/C21H22F4N8O3S/c1-36-19-18-17(12-3-4-14-15(9-12)32(8-6-22)30-28-14)13(23)10-33(18)29-20(27-19)26-16-5-7-31(37(2,34)35)11-21(16,24)25/h3-4,9-10,16H,5-8,11H2,1-2H3,(H,26,29)/t16-/m1/s1/i10D. The summed E-state index contributed by atoms with van der Waals surface area (Å²) in [5.41, 5.74) is 0.780. The predicted octanol–water partition coefficient (Wildman–Crippen LogP) is 1.76. The predicted molar refractivity (Wildman–Crippen MR) is 124 cm³/mol. The number of aromatic amines is 1. The number of benzene rings is 1. The number of nitrogens with zero attached hydrogens (tertiary/aromatic N) is 7. The van der Waals surface area contributed by atoms with Crippen LogP contribution < -0.4 is 10.4 Å². The molecule has 0 amide bonds. The molecule has 1 aliphatic heterocycles. The summed E-state index contributed by atoms with van der Waals surface area (Å²) in [6.45, 7) is -1.94. The molecule has 11 nitrogen and oxygen atoms in total. The van der Waals surface area contributed by atoms with Crippen molar-refractivity contribution in [1.82, 2.24) is 33.9 Å². The van der Waals surface area contributed by atoms with E-state index in [9.17, 15) is 21.6 Å². The maximum atomic E-state index is 15.4. The van der Waals surface area contributed by atoms with Gasteiger partial charge in [-0.3, -0.25) is 9.61 Å². The lowest BCUT2D eigenvalue weighted by Crippen LogP contribution is -2.53. The molecule has 0 bridgehead atoms. The number of sulfonamides is 1. The highest BCUT2D eigenvalue weighted by atomic mass is 32.2. The van der Waals surface area contributed by atoms with Gasteiger partial charge in [0, 0.05) is 6.54 Å². The molecule has 3 aromatic heterocycles. The minimum atomic E-state index is -3.81. The quantitative estimate of drug-likeness (QED) is 0.370. The van der Waals surface area contributed by atoms with Crippen molar-refractivity contribution in [3.63, 3.8) is 0 Å². The van der Waals surface area contributed by atoms with E-state index in [-0.39, 0.29) is 42.1 Å². The van der Waals surface area contributed by atoms with Gasteiger partial charge in [0.25, 0.3) is 5.92 Å². The number of halogens is 4. The van der Waals surface area contributed by atoms with E-state index in [0.717, 1.165) is 10.8 Å². The highest BCUT2D eigenvalue weighted by Crippen LogP contribution is 2.34. The number of fused-ring (bicyclic) bond motifs is 2. The average Bonchev–Trinajstić information content (AvgIpc) is 3.37. The molecule has 1 aromatic carbocycles. The minimum absolute atomic E-state index is 0.0106. The molecule has 0 spiro atoms. The normalized spacial score (nSPS) is 19.6. The van der Waals surface area contributed by atoms with Crippen molar-refractivity contribution in [2.75, 3.05) is 33.1 Å². The first-order valence-electron chi connectivity index (χ1n) is 11.6. The fraction of sp³-hybridized carbons (Fsp3) is 0.429. The number of piperidine rings is 1. The highest BCUT2D eigenvalue weighted by Gasteiger charge is 2.47. The Bertz CT molecular complexity index is 1720. The Labute approximate surface area is 208 Å². The largest absolute Gasteiger partial charge is 0.479 e. The lowest BCUT2D eigenvalue weighted by atomic mass is 10.0. The Morgan fingerprint density at radius 3 is 2.84 bits per heavy atom. The summed E-state index contributed by atoms with van der Waals surface area (Å²) >= 11 is 0. The van der Waals surface area contributed by atoms with Crippen molar-refractivity contribution < 1.29 is 32.1 Å². The zero-order chi connectivity index (χ0) is 27.4. The van der Waals surface area contributed by atoms with Crippen LogP contribution >= 0.6 is 0 Å². The molecule has 5 rings (SSSR count). The molecule has 1 saturated heterocycles. The average molecular weight is 544 g/mol. The number of alkyl halides is 3. The van der Waals surface area contributed by atoms with Gasteiger partial charge in [-0.2, -0.15) is 9.29 Å². The number of hydrogen-bond acceptors (Lipinski definition) is 7. The van der Waals surface area contributed by atoms with E-state index in [1.807, 2.05) is 0 Å². The van der Waals surface area contributed by atoms with Crippen LogP contribution in [0.2, 0.25) is 0 Å². The van der Waals surface area contributed by atoms with Gasteiger partial charge >= 0.3 is 0 Å². The van der Waals surface area contributed by atoms with E-state index >= 15 is 4.39 Å². The number of aromatic nitrogens is 6. The molecule has 198 valence electrons. The minimum Gasteiger partial charge on any atom is -0.479 e. The first-order valence-corrected chi connectivity index (χ1v) is 12.9. The molecular formula is C21H22F4N8O3S. The third-order valence-corrected chi connectivity index (χ3v) is 7.33. The van der Waals surface area contributed by atoms with Gasteiger partial charge in [0.15, 0.2) is 5.82 Å². The van der Waals surface area contributed by atoms with Gasteiger partial charge in [0.05, 0.1) is 45.1 Å². The van der Waals surface area contributed by atoms with Gasteiger partial charge in [0.1, 0.15) is 23.7 Å². The maximum absolute atomic E-state index is 15.4. The van der Waals surface area contributed by atoms with Crippen molar-refractivity contribution in [1.29, 1.82) is 0 Å². The summed E-state index contributed by atoms with van der Waals surface area (Å²) in [5, 5.41) is 10.4. The van der Waals surface area contributed by atoms with Crippen LogP contribution in [-0.2, 0) is 16.6 Å². The molecule has 1 aliphatic rings. The lowest BCUT2D eigenvalue weighted by molar-refractivity contribution is -0.0608. The van der Waals surface area contributed by atoms with Crippen LogP contribution in [0.15, 0.2) is 29.4 Å². The zero-order valence-corrected chi connectivity index (χ0v) is 20.4. The van der Waals surface area contributed by atoms with Gasteiger partial charge in [0.2, 0.25) is 21.5 Å². The molecular weight excluding hydrogens is 520 g/mol. The molecule has 1 fully saturated rings. The van der Waals surface area contributed by atoms with Crippen LogP contribution in [0.5, 0.6) is 5.88 Å². The highest BCUT2D eigenvalue weighted by molar-refractivity contribution is 7.88. The number of nitrogens with one attached hydrogen (secondary N) is 1. The van der Waals surface area contributed by atoms with E-state index in [0.29, 0.717) is 20.9 Å². The second-order valence-corrected chi connectivity index (χ2v) is 10.5. The van der Waals surface area contributed by atoms with E-state index in [2.05, 4.69) is 25.4 Å². The molecule has 0 unspecified atom stereocenters. The Kier molecular flexibility index (Phi) is 5.86. The van der Waals surface area contributed by atoms with Crippen LogP contribution in [-0.4, -0.2) is 87.4 Å². The van der Waals surface area contributed by atoms with Crippen LogP contribution in [0.1, 0.15) is 7.79 Å². The van der Waals surface area contributed by atoms with Crippen LogP contribution in [0, 0.1) is 5.82 Å². The summed E-state index contributed by atoms with van der Waals surface area (Å²) in [4.78, 5) is 8.09. The van der Waals surface area contributed by atoms with Gasteiger partial charge < -0.3 is 4.74 Å². The number of aryl methyl sites for hydroxylation is 1. The molecule has 0 radical (unpaired) electrons. The van der Waals surface area contributed by atoms with E-state index < -0.39 is 47.2 Å². The summed E-state index contributed by atoms with van der Waals surface area (Å²) in [5.74, 6) is -4.64. The number of methoxy groups -OCH3 is 1. The molecule has 0 saturated carbocycles. The van der Waals surface area contributed by atoms with Crippen molar-refractivity contribution in [2.45, 2.75) is 24.9 Å². The van der Waals surface area contributed by atoms with Gasteiger partial charge in [-0.05, 0) is 24.1 Å². The molecule has 1 N–H and O–H groups in total. The Balaban J connectivity index is 1.63. The molecule has 1 atom stereocenters. The summed E-state index contributed by atoms with van der Waals surface area (Å²) in [7, 11) is -2.57. The van der Waals surface area contributed by atoms with Crippen LogP contribution in [0.3, 0.4) is 0 Å². The van der Waals surface area contributed by atoms with Crippen LogP contribution in [0.25, 0.3) is 27.7 Å². The number of rotatable bonds is 6. The summed E-state index contributed by atoms with van der Waals surface area (Å²) in [6.07, 6.45) is -0.0669. The Hall–Kier alpha value is -3.53. The molecule has 0 aliphatic carbocycles. The lowest BCUT2D eigenvalue weighted by Gasteiger charge is -2.34. The third-order valence-electron chi connectivity index (χ3n) is 6.08. The number of ether oxygens (including phenoxy) is 1. The molecule has 16 heteroatoms. The van der Waals surface area contributed by atoms with Gasteiger partial charge in [-0.25, -0.2) is 35.7 Å². The SMILES string of the molecule is [2H]c1c(F)c(-c2ccc3nnn(CCF)c3c2)c2c(OC)nc(=N[C@@H]3CCN(S(C)(=O)=O)CC3(F)F)[nH]n12. The first-order chi connectivity index (χ1) is 17.9. The fourth-order valence-electron chi connectivity index (χ4n) is 4.30. The summed E-state index contributed by atoms with van der Waals surface area (Å²) in [6, 6.07) is 3.03. The maximum Gasteiger partial charge on any atom is 0.283 e. The first kappa shape index (κ1) is 23.8. The van der Waals surface area contributed by atoms with Crippen LogP contribution in [0.4, 0.5) is 17.6 Å². The molecule has 4 aromatic rings. The number of H-pyrrole nitrogens is 1. The van der Waals surface area contributed by atoms with Crippen molar-refractivity contribution in [2.24, 2.45) is 4.99 Å². The fourth-order valence-corrected chi connectivity index (χ4v) is 5.15. The smallest absolute Gasteiger partial charge is 0.283 e. The van der Waals surface area contributed by atoms with E-state index in [1.54, 1.807) is 12.1 Å². The van der Waals surface area contributed by atoms with E-state index in [1.165, 1.54) is 17.9 Å². The number of hydrogen-bond donors (Lipinski definition) is 1. The third kappa shape index (κ3) is 4.54. The second kappa shape index (κ2) is 9.09. The van der Waals surface area contributed by atoms with Crippen molar-refractivity contribution in [3.05, 3.63) is 35.8 Å². The monoisotopic (exact) mass is 543 g/mol. The van der Waals surface area contributed by atoms with Crippen molar-refractivity contribution >= 4 is 26.6 Å². The molecule has 37 heavy (non-hydrogen) atoms. The van der Waals surface area contributed by atoms with Crippen molar-refractivity contribution in [3.8, 4) is 17.0 Å². The summed E-state index contributed by atoms with van der Waals surface area (Å²) < 4.78 is 97.9. The second-order valence-electron chi connectivity index (χ2n) is 8.54. The zero-order valence-electron chi connectivity index (χ0n) is 20.6. The van der Waals surface area contributed by atoms with Gasteiger partial charge in [-0.1, -0.05) is 11.3 Å². The van der Waals surface area contributed by atoms with E-state index in [4.69, 9.17) is 6.11 Å². The topological polar surface area (TPSA) is 123 Å². The molecule has 4 heterocycles. The van der Waals surface area contributed by atoms with Gasteiger partial charge in [-0.15, -0.1) is 5.10 Å².